The molecule has 0 unspecified atom stereocenters. The number of hydrogen-bond acceptors (Lipinski definition) is 2. The zero-order chi connectivity index (χ0) is 11.4. The molecule has 1 aliphatic rings. The van der Waals surface area contributed by atoms with Crippen LogP contribution in [0.4, 0.5) is 0 Å². The SMILES string of the molecule is CCOc1ccc(C2=CCN(C)CC2)cc1. The number of rotatable bonds is 3. The number of nitrogens with zero attached hydrogens (tertiary/aromatic N) is 1. The predicted octanol–water partition coefficient (Wildman–Crippen LogP) is 2.80. The summed E-state index contributed by atoms with van der Waals surface area (Å²) < 4.78 is 5.44. The first-order chi connectivity index (χ1) is 7.79. The normalized spacial score (nSPS) is 17.0. The highest BCUT2D eigenvalue weighted by Gasteiger charge is 2.09. The minimum Gasteiger partial charge on any atom is -0.494 e. The monoisotopic (exact) mass is 217 g/mol. The first-order valence-electron chi connectivity index (χ1n) is 5.90. The molecule has 0 amide bonds. The van der Waals surface area contributed by atoms with Gasteiger partial charge in [0.05, 0.1) is 6.61 Å². The van der Waals surface area contributed by atoms with Gasteiger partial charge in [0.25, 0.3) is 0 Å². The first kappa shape index (κ1) is 11.2. The summed E-state index contributed by atoms with van der Waals surface area (Å²) in [5.74, 6) is 0.958. The second-order valence-corrected chi connectivity index (χ2v) is 4.20. The van der Waals surface area contributed by atoms with Gasteiger partial charge in [0.15, 0.2) is 0 Å². The molecule has 86 valence electrons. The van der Waals surface area contributed by atoms with Gasteiger partial charge < -0.3 is 9.64 Å². The van der Waals surface area contributed by atoms with Crippen molar-refractivity contribution < 1.29 is 4.74 Å². The molecule has 0 aromatic heterocycles. The van der Waals surface area contributed by atoms with E-state index >= 15 is 0 Å². The Kier molecular flexibility index (Phi) is 3.62. The zero-order valence-corrected chi connectivity index (χ0v) is 10.1. The van der Waals surface area contributed by atoms with Gasteiger partial charge in [-0.3, -0.25) is 0 Å². The molecule has 0 spiro atoms. The highest BCUT2D eigenvalue weighted by molar-refractivity contribution is 5.67. The molecule has 0 aliphatic carbocycles. The molecule has 0 atom stereocenters. The molecule has 1 aromatic carbocycles. The van der Waals surface area contributed by atoms with E-state index in [0.717, 1.165) is 31.9 Å². The number of benzene rings is 1. The van der Waals surface area contributed by atoms with E-state index in [0.29, 0.717) is 0 Å². The first-order valence-corrected chi connectivity index (χ1v) is 5.90. The molecule has 1 aromatic rings. The second kappa shape index (κ2) is 5.17. The van der Waals surface area contributed by atoms with Crippen LogP contribution >= 0.6 is 0 Å². The van der Waals surface area contributed by atoms with E-state index in [1.54, 1.807) is 0 Å². The van der Waals surface area contributed by atoms with E-state index in [1.807, 2.05) is 6.92 Å². The highest BCUT2D eigenvalue weighted by atomic mass is 16.5. The Morgan fingerprint density at radius 2 is 2.00 bits per heavy atom. The molecule has 2 heteroatoms. The third-order valence-electron chi connectivity index (χ3n) is 2.95. The van der Waals surface area contributed by atoms with Crippen molar-refractivity contribution in [2.45, 2.75) is 13.3 Å². The lowest BCUT2D eigenvalue weighted by Gasteiger charge is -2.22. The minimum absolute atomic E-state index is 0.729. The molecule has 0 bridgehead atoms. The lowest BCUT2D eigenvalue weighted by atomic mass is 10.00. The van der Waals surface area contributed by atoms with Crippen LogP contribution < -0.4 is 4.74 Å². The molecule has 0 saturated heterocycles. The van der Waals surface area contributed by atoms with Crippen molar-refractivity contribution in [2.75, 3.05) is 26.7 Å². The summed E-state index contributed by atoms with van der Waals surface area (Å²) in [6.45, 7) is 4.95. The van der Waals surface area contributed by atoms with Crippen LogP contribution in [-0.2, 0) is 0 Å². The van der Waals surface area contributed by atoms with Gasteiger partial charge in [-0.2, -0.15) is 0 Å². The molecular formula is C14H19NO. The molecule has 1 aliphatic heterocycles. The fourth-order valence-corrected chi connectivity index (χ4v) is 1.96. The predicted molar refractivity (Wildman–Crippen MR) is 67.7 cm³/mol. The van der Waals surface area contributed by atoms with Crippen molar-refractivity contribution in [2.24, 2.45) is 0 Å². The maximum atomic E-state index is 5.44. The van der Waals surface area contributed by atoms with Crippen LogP contribution in [0.5, 0.6) is 5.75 Å². The number of likely N-dealkylation sites (N-methyl/N-ethyl adjacent to an activating group) is 1. The van der Waals surface area contributed by atoms with Crippen molar-refractivity contribution in [3.63, 3.8) is 0 Å². The standard InChI is InChI=1S/C14H19NO/c1-3-16-14-6-4-12(5-7-14)13-8-10-15(2)11-9-13/h4-8H,3,9-11H2,1-2H3. The van der Waals surface area contributed by atoms with Gasteiger partial charge in [0.1, 0.15) is 5.75 Å². The molecule has 0 radical (unpaired) electrons. The largest absolute Gasteiger partial charge is 0.494 e. The van der Waals surface area contributed by atoms with Crippen molar-refractivity contribution >= 4 is 5.57 Å². The Balaban J connectivity index is 2.09. The molecule has 16 heavy (non-hydrogen) atoms. The van der Waals surface area contributed by atoms with Crippen LogP contribution in [-0.4, -0.2) is 31.6 Å². The summed E-state index contributed by atoms with van der Waals surface area (Å²) in [6.07, 6.45) is 3.46. The van der Waals surface area contributed by atoms with Crippen LogP contribution in [0.3, 0.4) is 0 Å². The Morgan fingerprint density at radius 1 is 1.25 bits per heavy atom. The van der Waals surface area contributed by atoms with Gasteiger partial charge >= 0.3 is 0 Å². The van der Waals surface area contributed by atoms with Crippen molar-refractivity contribution in [1.29, 1.82) is 0 Å². The average Bonchev–Trinajstić information content (AvgIpc) is 2.32. The van der Waals surface area contributed by atoms with E-state index < -0.39 is 0 Å². The number of ether oxygens (including phenoxy) is 1. The summed E-state index contributed by atoms with van der Waals surface area (Å²) in [5.41, 5.74) is 2.79. The lowest BCUT2D eigenvalue weighted by Crippen LogP contribution is -2.23. The van der Waals surface area contributed by atoms with E-state index in [9.17, 15) is 0 Å². The summed E-state index contributed by atoms with van der Waals surface area (Å²) >= 11 is 0. The van der Waals surface area contributed by atoms with Crippen LogP contribution in [0.15, 0.2) is 30.3 Å². The minimum atomic E-state index is 0.729. The fourth-order valence-electron chi connectivity index (χ4n) is 1.96. The molecular weight excluding hydrogens is 198 g/mol. The van der Waals surface area contributed by atoms with E-state index in [4.69, 9.17) is 4.74 Å². The maximum Gasteiger partial charge on any atom is 0.119 e. The molecule has 2 rings (SSSR count). The quantitative estimate of drug-likeness (QED) is 0.772. The van der Waals surface area contributed by atoms with Crippen LogP contribution in [0.1, 0.15) is 18.9 Å². The molecule has 1 heterocycles. The van der Waals surface area contributed by atoms with Gasteiger partial charge in [-0.05, 0) is 43.7 Å². The topological polar surface area (TPSA) is 12.5 Å². The fraction of sp³-hybridized carbons (Fsp3) is 0.429. The zero-order valence-electron chi connectivity index (χ0n) is 10.1. The van der Waals surface area contributed by atoms with Crippen LogP contribution in [0.25, 0.3) is 5.57 Å². The van der Waals surface area contributed by atoms with Gasteiger partial charge in [-0.15, -0.1) is 0 Å². The second-order valence-electron chi connectivity index (χ2n) is 4.20. The van der Waals surface area contributed by atoms with Crippen LogP contribution in [0, 0.1) is 0 Å². The summed E-state index contributed by atoms with van der Waals surface area (Å²) in [6, 6.07) is 8.42. The van der Waals surface area contributed by atoms with Gasteiger partial charge in [0.2, 0.25) is 0 Å². The van der Waals surface area contributed by atoms with Gasteiger partial charge in [-0.1, -0.05) is 18.2 Å². The third-order valence-corrected chi connectivity index (χ3v) is 2.95. The van der Waals surface area contributed by atoms with E-state index in [-0.39, 0.29) is 0 Å². The highest BCUT2D eigenvalue weighted by Crippen LogP contribution is 2.23. The van der Waals surface area contributed by atoms with E-state index in [2.05, 4.69) is 42.3 Å². The van der Waals surface area contributed by atoms with Crippen LogP contribution in [0.2, 0.25) is 0 Å². The van der Waals surface area contributed by atoms with Gasteiger partial charge in [0, 0.05) is 13.1 Å². The Morgan fingerprint density at radius 3 is 2.56 bits per heavy atom. The molecule has 2 nitrogen and oxygen atoms in total. The lowest BCUT2D eigenvalue weighted by molar-refractivity contribution is 0.340. The maximum absolute atomic E-state index is 5.44. The smallest absolute Gasteiger partial charge is 0.119 e. The third kappa shape index (κ3) is 2.64. The Hall–Kier alpha value is -1.28. The van der Waals surface area contributed by atoms with Crippen molar-refractivity contribution in [3.8, 4) is 5.75 Å². The Bertz CT molecular complexity index is 367. The van der Waals surface area contributed by atoms with Crippen molar-refractivity contribution in [1.82, 2.24) is 4.90 Å². The summed E-state index contributed by atoms with van der Waals surface area (Å²) in [5, 5.41) is 0. The summed E-state index contributed by atoms with van der Waals surface area (Å²) in [7, 11) is 2.16. The molecule has 0 fully saturated rings. The number of hydrogen-bond donors (Lipinski definition) is 0. The van der Waals surface area contributed by atoms with Gasteiger partial charge in [-0.25, -0.2) is 0 Å². The molecule has 0 saturated carbocycles. The Labute approximate surface area is 97.5 Å². The average molecular weight is 217 g/mol. The molecule has 0 N–H and O–H groups in total. The van der Waals surface area contributed by atoms with E-state index in [1.165, 1.54) is 11.1 Å². The summed E-state index contributed by atoms with van der Waals surface area (Å²) in [4.78, 5) is 2.33. The van der Waals surface area contributed by atoms with Crippen molar-refractivity contribution in [3.05, 3.63) is 35.9 Å².